The highest BCUT2D eigenvalue weighted by molar-refractivity contribution is 5.82. The molecule has 0 bridgehead atoms. The predicted octanol–water partition coefficient (Wildman–Crippen LogP) is 3.79. The van der Waals surface area contributed by atoms with Crippen LogP contribution in [0.5, 0.6) is 0 Å². The highest BCUT2D eigenvalue weighted by atomic mass is 16.6. The van der Waals surface area contributed by atoms with E-state index in [0.717, 1.165) is 36.5 Å². The van der Waals surface area contributed by atoms with E-state index in [4.69, 9.17) is 61.6 Å². The summed E-state index contributed by atoms with van der Waals surface area (Å²) in [5, 5.41) is 0. The van der Waals surface area contributed by atoms with Crippen molar-refractivity contribution in [2.45, 2.75) is 38.5 Å². The van der Waals surface area contributed by atoms with Gasteiger partial charge in [-0.2, -0.15) is 0 Å². The first-order chi connectivity index (χ1) is 31.4. The van der Waals surface area contributed by atoms with E-state index in [9.17, 15) is 28.8 Å². The summed E-state index contributed by atoms with van der Waals surface area (Å²) in [5.74, 6) is -3.36. The summed E-state index contributed by atoms with van der Waals surface area (Å²) in [6.45, 7) is 22.6. The van der Waals surface area contributed by atoms with Gasteiger partial charge in [0.25, 0.3) is 0 Å². The van der Waals surface area contributed by atoms with Gasteiger partial charge in [0.15, 0.2) is 0 Å². The molecule has 0 amide bonds. The zero-order chi connectivity index (χ0) is 48.3. The van der Waals surface area contributed by atoms with Crippen LogP contribution in [0.2, 0.25) is 0 Å². The Morgan fingerprint density at radius 2 is 0.415 bits per heavy atom. The van der Waals surface area contributed by atoms with Crippen molar-refractivity contribution in [3.8, 4) is 0 Å². The number of carbonyl (C=O) groups is 6. The second-order valence-corrected chi connectivity index (χ2v) is 14.2. The molecule has 0 aliphatic heterocycles. The predicted molar refractivity (Wildman–Crippen MR) is 235 cm³/mol. The topological polar surface area (TPSA) is 222 Å². The van der Waals surface area contributed by atoms with Crippen LogP contribution in [-0.2, 0) is 90.3 Å². The van der Waals surface area contributed by atoms with Crippen LogP contribution >= 0.6 is 0 Å². The molecule has 65 heavy (non-hydrogen) atoms. The van der Waals surface area contributed by atoms with Crippen molar-refractivity contribution >= 4 is 35.8 Å². The van der Waals surface area contributed by atoms with E-state index in [0.29, 0.717) is 38.5 Å². The normalized spacial score (nSPS) is 11.1. The third kappa shape index (κ3) is 34.1. The van der Waals surface area contributed by atoms with Crippen LogP contribution in [0, 0.1) is 10.8 Å². The van der Waals surface area contributed by atoms with Gasteiger partial charge in [0.2, 0.25) is 0 Å². The molecule has 0 aromatic carbocycles. The molecule has 0 saturated carbocycles. The minimum Gasteiger partial charge on any atom is -0.462 e. The molecule has 0 atom stereocenters. The molecule has 0 heterocycles. The van der Waals surface area contributed by atoms with Gasteiger partial charge in [0.1, 0.15) is 0 Å². The zero-order valence-corrected chi connectivity index (χ0v) is 37.8. The summed E-state index contributed by atoms with van der Waals surface area (Å²) < 4.78 is 73.7. The maximum atomic E-state index is 11.6. The van der Waals surface area contributed by atoms with Crippen LogP contribution in [0.15, 0.2) is 75.9 Å². The number of hydrogen-bond acceptors (Lipinski definition) is 19. The van der Waals surface area contributed by atoms with Crippen molar-refractivity contribution in [2.24, 2.45) is 10.8 Å². The minimum atomic E-state index is -0.958. The second kappa shape index (κ2) is 40.5. The summed E-state index contributed by atoms with van der Waals surface area (Å²) >= 11 is 0. The largest absolute Gasteiger partial charge is 0.462 e. The quantitative estimate of drug-likeness (QED) is 0.0367. The van der Waals surface area contributed by atoms with Gasteiger partial charge in [-0.1, -0.05) is 39.5 Å². The zero-order valence-electron chi connectivity index (χ0n) is 37.8. The Morgan fingerprint density at radius 1 is 0.262 bits per heavy atom. The molecule has 19 heteroatoms. The van der Waals surface area contributed by atoms with E-state index in [1.807, 2.05) is 0 Å². The number of esters is 6. The van der Waals surface area contributed by atoms with E-state index < -0.39 is 46.6 Å². The molecule has 368 valence electrons. The molecule has 0 rings (SSSR count). The lowest BCUT2D eigenvalue weighted by atomic mass is 9.90. The van der Waals surface area contributed by atoms with Crippen LogP contribution in [0.25, 0.3) is 0 Å². The van der Waals surface area contributed by atoms with Crippen LogP contribution in [0.1, 0.15) is 38.5 Å². The lowest BCUT2D eigenvalue weighted by Gasteiger charge is -2.37. The van der Waals surface area contributed by atoms with Crippen molar-refractivity contribution in [1.29, 1.82) is 0 Å². The van der Waals surface area contributed by atoms with Crippen molar-refractivity contribution in [3.63, 3.8) is 0 Å². The number of rotatable bonds is 46. The molecule has 0 radical (unpaired) electrons. The molecule has 19 nitrogen and oxygen atoms in total. The molecule has 0 N–H and O–H groups in total. The molecule has 0 fully saturated rings. The molecule has 0 aromatic rings. The van der Waals surface area contributed by atoms with Gasteiger partial charge in [-0.05, 0) is 0 Å². The van der Waals surface area contributed by atoms with E-state index in [1.165, 1.54) is 0 Å². The summed E-state index contributed by atoms with van der Waals surface area (Å²) in [4.78, 5) is 69.3. The lowest BCUT2D eigenvalue weighted by Crippen LogP contribution is -2.46. The molecular weight excluding hydrogens is 856 g/mol. The Hall–Kier alpha value is -5.02. The first kappa shape index (κ1) is 60.0. The third-order valence-electron chi connectivity index (χ3n) is 8.33. The number of hydrogen-bond donors (Lipinski definition) is 0. The van der Waals surface area contributed by atoms with Crippen molar-refractivity contribution < 1.29 is 90.3 Å². The Bertz CT molecular complexity index is 1160. The summed E-state index contributed by atoms with van der Waals surface area (Å²) in [7, 11) is 0. The van der Waals surface area contributed by atoms with Gasteiger partial charge in [0.05, 0.1) is 103 Å². The van der Waals surface area contributed by atoms with E-state index in [1.54, 1.807) is 0 Å². The molecule has 0 aliphatic rings. The summed E-state index contributed by atoms with van der Waals surface area (Å²) in [5.41, 5.74) is -1.92. The van der Waals surface area contributed by atoms with Gasteiger partial charge >= 0.3 is 35.8 Å². The molecule has 0 spiro atoms. The monoisotopic (exact) mass is 926 g/mol. The Balaban J connectivity index is 6.47. The van der Waals surface area contributed by atoms with Crippen molar-refractivity contribution in [1.82, 2.24) is 0 Å². The highest BCUT2D eigenvalue weighted by Crippen LogP contribution is 2.26. The number of carbonyl (C=O) groups excluding carboxylic acids is 6. The standard InChI is InChI=1S/C46H70O19/c1-7-39(47)60-25-13-19-53-31-45(32-54-20-14-26-61-40(48)8-2,33-55-21-15-27-62-41(49)9-3)37-59-38-46(34-56-22-16-28-63-42(50)10-4,35-57-23-17-29-64-43(51)11-5)36-58-24-18-30-65-44(52)12-6/h7-12H,1-6,13-38H2. The maximum Gasteiger partial charge on any atom is 0.330 e. The van der Waals surface area contributed by atoms with Gasteiger partial charge in [-0.3, -0.25) is 0 Å². The van der Waals surface area contributed by atoms with Crippen molar-refractivity contribution in [2.75, 3.05) is 132 Å². The Morgan fingerprint density at radius 3 is 0.569 bits per heavy atom. The molecule has 0 aromatic heterocycles. The molecule has 0 unspecified atom stereocenters. The van der Waals surface area contributed by atoms with Gasteiger partial charge < -0.3 is 61.6 Å². The molecule has 0 aliphatic carbocycles. The Labute approximate surface area is 382 Å². The van der Waals surface area contributed by atoms with Crippen LogP contribution in [-0.4, -0.2) is 168 Å². The van der Waals surface area contributed by atoms with Gasteiger partial charge in [-0.25, -0.2) is 28.8 Å². The first-order valence-corrected chi connectivity index (χ1v) is 21.2. The molecule has 0 saturated heterocycles. The fourth-order valence-corrected chi connectivity index (χ4v) is 5.07. The average molecular weight is 927 g/mol. The molecular formula is C46H70O19. The Kier molecular flexibility index (Phi) is 37.4. The third-order valence-corrected chi connectivity index (χ3v) is 8.33. The summed E-state index contributed by atoms with van der Waals surface area (Å²) in [6, 6.07) is 0. The highest BCUT2D eigenvalue weighted by Gasteiger charge is 2.37. The fourth-order valence-electron chi connectivity index (χ4n) is 5.07. The van der Waals surface area contributed by atoms with Gasteiger partial charge in [0, 0.05) is 115 Å². The number of ether oxygens (including phenoxy) is 13. The van der Waals surface area contributed by atoms with E-state index in [-0.39, 0.29) is 132 Å². The lowest BCUT2D eigenvalue weighted by molar-refractivity contribution is -0.146. The average Bonchev–Trinajstić information content (AvgIpc) is 3.32. The maximum absolute atomic E-state index is 11.6. The van der Waals surface area contributed by atoms with Crippen LogP contribution in [0.4, 0.5) is 0 Å². The fraction of sp³-hybridized carbons (Fsp3) is 0.609. The first-order valence-electron chi connectivity index (χ1n) is 21.2. The van der Waals surface area contributed by atoms with Crippen molar-refractivity contribution in [3.05, 3.63) is 75.9 Å². The van der Waals surface area contributed by atoms with E-state index >= 15 is 0 Å². The minimum absolute atomic E-state index is 0.00359. The van der Waals surface area contributed by atoms with Gasteiger partial charge in [-0.15, -0.1) is 0 Å². The summed E-state index contributed by atoms with van der Waals surface area (Å²) in [6.07, 6.45) is 8.68. The van der Waals surface area contributed by atoms with Crippen LogP contribution in [0.3, 0.4) is 0 Å². The van der Waals surface area contributed by atoms with Crippen LogP contribution < -0.4 is 0 Å². The second-order valence-electron chi connectivity index (χ2n) is 14.2. The smallest absolute Gasteiger partial charge is 0.330 e. The SMILES string of the molecule is C=CC(=O)OCCCOCC(COCCCOC(=O)C=C)(COCCCOC(=O)C=C)COCC(COCCCOC(=O)C=C)(COCCCOC(=O)C=C)COCCCOC(=O)C=C. The van der Waals surface area contributed by atoms with E-state index in [2.05, 4.69) is 39.5 Å².